The van der Waals surface area contributed by atoms with E-state index in [9.17, 15) is 4.79 Å². The second-order valence-corrected chi connectivity index (χ2v) is 6.92. The molecular weight excluding hydrogens is 268 g/mol. The fourth-order valence-electron chi connectivity index (χ4n) is 3.34. The van der Waals surface area contributed by atoms with Crippen molar-refractivity contribution >= 4 is 17.7 Å². The molecule has 2 N–H and O–H groups in total. The van der Waals surface area contributed by atoms with Crippen LogP contribution in [0.5, 0.6) is 0 Å². The molecule has 108 valence electrons. The summed E-state index contributed by atoms with van der Waals surface area (Å²) in [5.74, 6) is 1.18. The number of amides is 1. The average molecular weight is 290 g/mol. The molecule has 2 aliphatic heterocycles. The minimum Gasteiger partial charge on any atom is -0.338 e. The maximum Gasteiger partial charge on any atom is 0.231 e. The summed E-state index contributed by atoms with van der Waals surface area (Å²) in [4.78, 5) is 16.3. The lowest BCUT2D eigenvalue weighted by molar-refractivity contribution is -0.136. The highest BCUT2D eigenvalue weighted by molar-refractivity contribution is 7.99. The standard InChI is InChI=1S/C16H22N2OS/c1-11(17)14-7-4-5-9-18(14)16(19)13-10-20-15-8-3-2-6-12(13)15/h2-3,6,8,11,13-14H,4-5,7,9-10,17H2,1H3/t11-,13+,14+/m0/s1. The molecule has 3 nitrogen and oxygen atoms in total. The molecule has 4 heteroatoms. The van der Waals surface area contributed by atoms with Crippen LogP contribution in [0.1, 0.15) is 37.7 Å². The number of thioether (sulfide) groups is 1. The van der Waals surface area contributed by atoms with Gasteiger partial charge in [0.05, 0.1) is 5.92 Å². The first-order chi connectivity index (χ1) is 9.68. The van der Waals surface area contributed by atoms with Crippen molar-refractivity contribution < 1.29 is 4.79 Å². The zero-order valence-electron chi connectivity index (χ0n) is 11.9. The summed E-state index contributed by atoms with van der Waals surface area (Å²) in [5.41, 5.74) is 7.29. The van der Waals surface area contributed by atoms with Gasteiger partial charge in [-0.05, 0) is 37.8 Å². The van der Waals surface area contributed by atoms with E-state index >= 15 is 0 Å². The first-order valence-corrected chi connectivity index (χ1v) is 8.45. The lowest BCUT2D eigenvalue weighted by Gasteiger charge is -2.39. The Bertz CT molecular complexity index is 503. The number of carbonyl (C=O) groups excluding carboxylic acids is 1. The second kappa shape index (κ2) is 5.78. The number of benzene rings is 1. The summed E-state index contributed by atoms with van der Waals surface area (Å²) in [7, 11) is 0. The molecule has 2 aliphatic rings. The summed E-state index contributed by atoms with van der Waals surface area (Å²) in [6, 6.07) is 8.57. The highest BCUT2D eigenvalue weighted by Crippen LogP contribution is 2.41. The Labute approximate surface area is 124 Å². The number of hydrogen-bond donors (Lipinski definition) is 1. The third kappa shape index (κ3) is 2.47. The van der Waals surface area contributed by atoms with Crippen molar-refractivity contribution in [1.29, 1.82) is 0 Å². The van der Waals surface area contributed by atoms with Gasteiger partial charge in [0.15, 0.2) is 0 Å². The fourth-order valence-corrected chi connectivity index (χ4v) is 4.56. The van der Waals surface area contributed by atoms with Crippen LogP contribution in [0, 0.1) is 0 Å². The number of fused-ring (bicyclic) bond motifs is 1. The largest absolute Gasteiger partial charge is 0.338 e. The highest BCUT2D eigenvalue weighted by atomic mass is 32.2. The zero-order valence-corrected chi connectivity index (χ0v) is 12.7. The minimum atomic E-state index is 0.0237. The van der Waals surface area contributed by atoms with Crippen LogP contribution in [0.4, 0.5) is 0 Å². The van der Waals surface area contributed by atoms with Crippen LogP contribution in [0.2, 0.25) is 0 Å². The first kappa shape index (κ1) is 14.0. The van der Waals surface area contributed by atoms with Crippen LogP contribution in [0.25, 0.3) is 0 Å². The summed E-state index contributed by atoms with van der Waals surface area (Å²) in [6.45, 7) is 2.89. The first-order valence-electron chi connectivity index (χ1n) is 7.46. The van der Waals surface area contributed by atoms with E-state index in [4.69, 9.17) is 5.73 Å². The maximum absolute atomic E-state index is 12.9. The van der Waals surface area contributed by atoms with Crippen LogP contribution < -0.4 is 5.73 Å². The van der Waals surface area contributed by atoms with E-state index in [0.29, 0.717) is 0 Å². The molecule has 20 heavy (non-hydrogen) atoms. The van der Waals surface area contributed by atoms with Crippen molar-refractivity contribution in [2.45, 2.75) is 49.1 Å². The topological polar surface area (TPSA) is 46.3 Å². The Kier molecular flexibility index (Phi) is 4.03. The molecule has 0 bridgehead atoms. The SMILES string of the molecule is C[C@H](N)[C@H]1CCCCN1C(=O)[C@@H]1CSc2ccccc21. The van der Waals surface area contributed by atoms with Crippen LogP contribution in [-0.4, -0.2) is 35.2 Å². The molecule has 1 amide bonds. The molecule has 0 spiro atoms. The van der Waals surface area contributed by atoms with Crippen molar-refractivity contribution in [3.8, 4) is 0 Å². The molecular formula is C16H22N2OS. The van der Waals surface area contributed by atoms with Crippen molar-refractivity contribution in [2.75, 3.05) is 12.3 Å². The minimum absolute atomic E-state index is 0.0237. The third-order valence-corrected chi connectivity index (χ3v) is 5.62. The molecule has 0 aliphatic carbocycles. The summed E-state index contributed by atoms with van der Waals surface area (Å²) >= 11 is 1.80. The molecule has 1 saturated heterocycles. The number of nitrogens with zero attached hydrogens (tertiary/aromatic N) is 1. The number of rotatable bonds is 2. The summed E-state index contributed by atoms with van der Waals surface area (Å²) < 4.78 is 0. The van der Waals surface area contributed by atoms with E-state index in [1.165, 1.54) is 16.9 Å². The Morgan fingerprint density at radius 3 is 3.00 bits per heavy atom. The predicted molar refractivity (Wildman–Crippen MR) is 82.9 cm³/mol. The van der Waals surface area contributed by atoms with Crippen LogP contribution in [0.3, 0.4) is 0 Å². The molecule has 1 aromatic rings. The van der Waals surface area contributed by atoms with E-state index in [1.54, 1.807) is 11.8 Å². The van der Waals surface area contributed by atoms with Gasteiger partial charge in [0, 0.05) is 29.3 Å². The number of nitrogens with two attached hydrogens (primary N) is 1. The van der Waals surface area contributed by atoms with Crippen molar-refractivity contribution in [3.63, 3.8) is 0 Å². The normalized spacial score (nSPS) is 27.2. The lowest BCUT2D eigenvalue weighted by Crippen LogP contribution is -2.53. The van der Waals surface area contributed by atoms with Gasteiger partial charge in [-0.3, -0.25) is 4.79 Å². The van der Waals surface area contributed by atoms with E-state index in [0.717, 1.165) is 25.1 Å². The Morgan fingerprint density at radius 2 is 2.20 bits per heavy atom. The average Bonchev–Trinajstić information content (AvgIpc) is 2.90. The van der Waals surface area contributed by atoms with Gasteiger partial charge in [-0.1, -0.05) is 18.2 Å². The third-order valence-electron chi connectivity index (χ3n) is 4.44. The van der Waals surface area contributed by atoms with E-state index in [1.807, 2.05) is 19.1 Å². The van der Waals surface area contributed by atoms with Gasteiger partial charge < -0.3 is 10.6 Å². The van der Waals surface area contributed by atoms with Gasteiger partial charge in [0.1, 0.15) is 0 Å². The Hall–Kier alpha value is -1.00. The van der Waals surface area contributed by atoms with Gasteiger partial charge in [0.25, 0.3) is 0 Å². The summed E-state index contributed by atoms with van der Waals surface area (Å²) in [5, 5.41) is 0. The van der Waals surface area contributed by atoms with Crippen molar-refractivity contribution in [1.82, 2.24) is 4.90 Å². The molecule has 0 saturated carbocycles. The van der Waals surface area contributed by atoms with Gasteiger partial charge in [-0.2, -0.15) is 0 Å². The molecule has 2 heterocycles. The fraction of sp³-hybridized carbons (Fsp3) is 0.562. The molecule has 1 fully saturated rings. The smallest absolute Gasteiger partial charge is 0.231 e. The second-order valence-electron chi connectivity index (χ2n) is 5.86. The van der Waals surface area contributed by atoms with Crippen molar-refractivity contribution in [3.05, 3.63) is 29.8 Å². The molecule has 3 atom stereocenters. The quantitative estimate of drug-likeness (QED) is 0.910. The van der Waals surface area contributed by atoms with E-state index in [2.05, 4.69) is 17.0 Å². The van der Waals surface area contributed by atoms with E-state index < -0.39 is 0 Å². The zero-order chi connectivity index (χ0) is 14.1. The molecule has 0 unspecified atom stereocenters. The van der Waals surface area contributed by atoms with E-state index in [-0.39, 0.29) is 23.9 Å². The highest BCUT2D eigenvalue weighted by Gasteiger charge is 2.36. The van der Waals surface area contributed by atoms with Crippen LogP contribution >= 0.6 is 11.8 Å². The molecule has 0 aromatic heterocycles. The van der Waals surface area contributed by atoms with Gasteiger partial charge in [0.2, 0.25) is 5.91 Å². The lowest BCUT2D eigenvalue weighted by atomic mass is 9.93. The number of likely N-dealkylation sites (tertiary alicyclic amines) is 1. The molecule has 0 radical (unpaired) electrons. The predicted octanol–water partition coefficient (Wildman–Crippen LogP) is 2.60. The maximum atomic E-state index is 12.9. The van der Waals surface area contributed by atoms with Crippen molar-refractivity contribution in [2.24, 2.45) is 5.73 Å². The van der Waals surface area contributed by atoms with Crippen LogP contribution in [-0.2, 0) is 4.79 Å². The van der Waals surface area contributed by atoms with Crippen LogP contribution in [0.15, 0.2) is 29.2 Å². The number of piperidine rings is 1. The van der Waals surface area contributed by atoms with Gasteiger partial charge in [-0.15, -0.1) is 11.8 Å². The number of hydrogen-bond acceptors (Lipinski definition) is 3. The van der Waals surface area contributed by atoms with Gasteiger partial charge in [-0.25, -0.2) is 0 Å². The molecule has 1 aromatic carbocycles. The Balaban J connectivity index is 1.82. The molecule has 3 rings (SSSR count). The Morgan fingerprint density at radius 1 is 1.40 bits per heavy atom. The number of carbonyl (C=O) groups is 1. The monoisotopic (exact) mass is 290 g/mol. The summed E-state index contributed by atoms with van der Waals surface area (Å²) in [6.07, 6.45) is 3.34. The van der Waals surface area contributed by atoms with Gasteiger partial charge >= 0.3 is 0 Å².